The molecule has 0 aliphatic carbocycles. The second-order valence-electron chi connectivity index (χ2n) is 6.35. The number of hydrogen-bond donors (Lipinski definition) is 2. The van der Waals surface area contributed by atoms with Crippen molar-refractivity contribution < 1.29 is 9.53 Å². The van der Waals surface area contributed by atoms with Crippen molar-refractivity contribution in [2.24, 2.45) is 0 Å². The van der Waals surface area contributed by atoms with Crippen LogP contribution in [0, 0.1) is 0 Å². The smallest absolute Gasteiger partial charge is 0.256 e. The summed E-state index contributed by atoms with van der Waals surface area (Å²) in [6.45, 7) is 1.98. The average molecular weight is 340 g/mol. The van der Waals surface area contributed by atoms with E-state index in [0.717, 1.165) is 37.2 Å². The predicted molar refractivity (Wildman–Crippen MR) is 92.7 cm³/mol. The molecule has 1 amide bonds. The summed E-state index contributed by atoms with van der Waals surface area (Å²) in [6.07, 6.45) is 2.59. The average Bonchev–Trinajstić information content (AvgIpc) is 3.09. The first-order chi connectivity index (χ1) is 12.2. The van der Waals surface area contributed by atoms with Crippen molar-refractivity contribution in [1.82, 2.24) is 14.9 Å². The number of anilines is 1. The van der Waals surface area contributed by atoms with Crippen LogP contribution in [-0.2, 0) is 17.8 Å². The molecule has 7 nitrogen and oxygen atoms in total. The third-order valence-electron chi connectivity index (χ3n) is 4.67. The second kappa shape index (κ2) is 6.58. The van der Waals surface area contributed by atoms with Crippen LogP contribution in [0.15, 0.2) is 29.1 Å². The van der Waals surface area contributed by atoms with Gasteiger partial charge < -0.3 is 15.0 Å². The number of benzene rings is 1. The van der Waals surface area contributed by atoms with E-state index in [-0.39, 0.29) is 24.6 Å². The van der Waals surface area contributed by atoms with Gasteiger partial charge in [0.15, 0.2) is 0 Å². The largest absolute Gasteiger partial charge is 0.487 e. The molecule has 2 aliphatic heterocycles. The fourth-order valence-electron chi connectivity index (χ4n) is 3.29. The molecule has 3 heterocycles. The summed E-state index contributed by atoms with van der Waals surface area (Å²) in [5, 5.41) is 2.94. The Hall–Kier alpha value is -2.83. The molecule has 1 saturated heterocycles. The van der Waals surface area contributed by atoms with Gasteiger partial charge in [-0.2, -0.15) is 0 Å². The predicted octanol–water partition coefficient (Wildman–Crippen LogP) is 1.29. The van der Waals surface area contributed by atoms with Gasteiger partial charge in [-0.25, -0.2) is 4.98 Å². The van der Waals surface area contributed by atoms with E-state index in [1.165, 1.54) is 0 Å². The highest BCUT2D eigenvalue weighted by molar-refractivity contribution is 5.80. The fraction of sp³-hybridized carbons (Fsp3) is 0.389. The molecule has 0 unspecified atom stereocenters. The molecular formula is C18H20N4O3. The molecule has 0 atom stereocenters. The van der Waals surface area contributed by atoms with Crippen LogP contribution >= 0.6 is 0 Å². The van der Waals surface area contributed by atoms with E-state index in [2.05, 4.69) is 15.3 Å². The number of carbonyl (C=O) groups is 1. The topological polar surface area (TPSA) is 87.3 Å². The maximum absolute atomic E-state index is 12.5. The van der Waals surface area contributed by atoms with Crippen LogP contribution in [0.5, 0.6) is 5.75 Å². The number of nitrogens with zero attached hydrogens (tertiary/aromatic N) is 2. The molecule has 1 aromatic heterocycles. The summed E-state index contributed by atoms with van der Waals surface area (Å²) in [4.78, 5) is 33.6. The van der Waals surface area contributed by atoms with Gasteiger partial charge in [-0.15, -0.1) is 0 Å². The van der Waals surface area contributed by atoms with Crippen LogP contribution in [0.2, 0.25) is 0 Å². The van der Waals surface area contributed by atoms with Crippen molar-refractivity contribution in [2.75, 3.05) is 25.0 Å². The lowest BCUT2D eigenvalue weighted by atomic mass is 10.1. The van der Waals surface area contributed by atoms with E-state index in [1.54, 1.807) is 0 Å². The van der Waals surface area contributed by atoms with Gasteiger partial charge >= 0.3 is 0 Å². The normalized spacial score (nSPS) is 15.8. The molecule has 25 heavy (non-hydrogen) atoms. The number of nitrogens with one attached hydrogen (secondary N) is 2. The first-order valence-corrected chi connectivity index (χ1v) is 8.55. The molecule has 1 aromatic carbocycles. The summed E-state index contributed by atoms with van der Waals surface area (Å²) in [5.74, 6) is 1.11. The van der Waals surface area contributed by atoms with Gasteiger partial charge in [0.1, 0.15) is 12.4 Å². The van der Waals surface area contributed by atoms with Crippen LogP contribution in [0.1, 0.15) is 29.7 Å². The molecule has 0 bridgehead atoms. The highest BCUT2D eigenvalue weighted by Gasteiger charge is 2.20. The van der Waals surface area contributed by atoms with Gasteiger partial charge in [0.2, 0.25) is 11.9 Å². The lowest BCUT2D eigenvalue weighted by Gasteiger charge is -2.16. The Kier molecular flexibility index (Phi) is 4.13. The van der Waals surface area contributed by atoms with Crippen molar-refractivity contribution in [2.45, 2.75) is 25.9 Å². The number of aromatic nitrogens is 2. The van der Waals surface area contributed by atoms with Crippen LogP contribution in [-0.4, -0.2) is 40.4 Å². The van der Waals surface area contributed by atoms with E-state index >= 15 is 0 Å². The summed E-state index contributed by atoms with van der Waals surface area (Å²) in [7, 11) is 0. The van der Waals surface area contributed by atoms with Crippen LogP contribution in [0.4, 0.5) is 5.95 Å². The molecular weight excluding hydrogens is 320 g/mol. The van der Waals surface area contributed by atoms with Crippen molar-refractivity contribution in [3.8, 4) is 5.75 Å². The molecule has 0 spiro atoms. The number of aromatic amines is 1. The van der Waals surface area contributed by atoms with Crippen molar-refractivity contribution in [3.05, 3.63) is 51.4 Å². The number of ether oxygens (including phenoxy) is 1. The second-order valence-corrected chi connectivity index (χ2v) is 6.35. The third kappa shape index (κ3) is 3.22. The number of rotatable bonds is 3. The Morgan fingerprint density at radius 1 is 1.28 bits per heavy atom. The number of carbonyl (C=O) groups excluding carboxylic acids is 1. The fourth-order valence-corrected chi connectivity index (χ4v) is 3.29. The van der Waals surface area contributed by atoms with E-state index in [4.69, 9.17) is 4.74 Å². The number of amides is 1. The Balaban J connectivity index is 1.52. The minimum absolute atomic E-state index is 0.0266. The van der Waals surface area contributed by atoms with Crippen molar-refractivity contribution >= 4 is 11.9 Å². The SMILES string of the molecule is O=C(CNc1nc2c(c(=O)[nH]1)Cc1ccccc1OC2)N1CCCC1. The first-order valence-electron chi connectivity index (χ1n) is 8.55. The molecule has 2 aromatic rings. The van der Waals surface area contributed by atoms with E-state index in [9.17, 15) is 9.59 Å². The zero-order valence-electron chi connectivity index (χ0n) is 13.9. The quantitative estimate of drug-likeness (QED) is 0.879. The van der Waals surface area contributed by atoms with Gasteiger partial charge in [-0.3, -0.25) is 14.6 Å². The lowest BCUT2D eigenvalue weighted by molar-refractivity contribution is -0.128. The highest BCUT2D eigenvalue weighted by Crippen LogP contribution is 2.25. The maximum atomic E-state index is 12.5. The summed E-state index contributed by atoms with van der Waals surface area (Å²) >= 11 is 0. The van der Waals surface area contributed by atoms with Gasteiger partial charge in [0, 0.05) is 25.1 Å². The molecule has 1 fully saturated rings. The van der Waals surface area contributed by atoms with E-state index in [0.29, 0.717) is 23.6 Å². The molecule has 4 rings (SSSR count). The summed E-state index contributed by atoms with van der Waals surface area (Å²) < 4.78 is 5.77. The molecule has 0 saturated carbocycles. The molecule has 130 valence electrons. The summed E-state index contributed by atoms with van der Waals surface area (Å²) in [6, 6.07) is 7.67. The Morgan fingerprint density at radius 2 is 2.08 bits per heavy atom. The first kappa shape index (κ1) is 15.7. The Morgan fingerprint density at radius 3 is 2.92 bits per heavy atom. The monoisotopic (exact) mass is 340 g/mol. The lowest BCUT2D eigenvalue weighted by Crippen LogP contribution is -2.33. The van der Waals surface area contributed by atoms with Gasteiger partial charge in [0.25, 0.3) is 5.56 Å². The van der Waals surface area contributed by atoms with Crippen molar-refractivity contribution in [3.63, 3.8) is 0 Å². The number of H-pyrrole nitrogens is 1. The van der Waals surface area contributed by atoms with Crippen LogP contribution in [0.3, 0.4) is 0 Å². The number of fused-ring (bicyclic) bond motifs is 2. The van der Waals surface area contributed by atoms with Gasteiger partial charge in [0.05, 0.1) is 12.2 Å². The molecule has 7 heteroatoms. The van der Waals surface area contributed by atoms with E-state index < -0.39 is 0 Å². The molecule has 2 aliphatic rings. The minimum Gasteiger partial charge on any atom is -0.487 e. The number of hydrogen-bond acceptors (Lipinski definition) is 5. The highest BCUT2D eigenvalue weighted by atomic mass is 16.5. The van der Waals surface area contributed by atoms with Crippen LogP contribution < -0.4 is 15.6 Å². The zero-order valence-corrected chi connectivity index (χ0v) is 13.9. The van der Waals surface area contributed by atoms with Gasteiger partial charge in [-0.1, -0.05) is 18.2 Å². The Bertz CT molecular complexity index is 856. The zero-order chi connectivity index (χ0) is 17.2. The third-order valence-corrected chi connectivity index (χ3v) is 4.67. The van der Waals surface area contributed by atoms with E-state index in [1.807, 2.05) is 29.2 Å². The summed E-state index contributed by atoms with van der Waals surface area (Å²) in [5.41, 5.74) is 2.00. The molecule has 0 radical (unpaired) electrons. The Labute approximate surface area is 145 Å². The number of para-hydroxylation sites is 1. The van der Waals surface area contributed by atoms with Gasteiger partial charge in [-0.05, 0) is 24.5 Å². The maximum Gasteiger partial charge on any atom is 0.256 e. The van der Waals surface area contributed by atoms with Crippen molar-refractivity contribution in [1.29, 1.82) is 0 Å². The minimum atomic E-state index is -0.193. The number of likely N-dealkylation sites (tertiary alicyclic amines) is 1. The molecule has 2 N–H and O–H groups in total. The van der Waals surface area contributed by atoms with Crippen LogP contribution in [0.25, 0.3) is 0 Å². The standard InChI is InChI=1S/C18H20N4O3/c23-16(22-7-3-4-8-22)10-19-18-20-14-11-25-15-6-2-1-5-12(15)9-13(14)17(24)21-18/h1-2,5-6H,3-4,7-11H2,(H2,19,20,21,24).